The van der Waals surface area contributed by atoms with Crippen LogP contribution in [0.2, 0.25) is 0 Å². The number of nitrogens with zero attached hydrogens (tertiary/aromatic N) is 2. The lowest BCUT2D eigenvalue weighted by molar-refractivity contribution is 0.490. The minimum absolute atomic E-state index is 0.118. The zero-order chi connectivity index (χ0) is 13.8. The van der Waals surface area contributed by atoms with Crippen molar-refractivity contribution >= 4 is 5.84 Å². The zero-order valence-corrected chi connectivity index (χ0v) is 12.1. The van der Waals surface area contributed by atoms with E-state index in [1.54, 1.807) is 0 Å². The Balaban J connectivity index is 2.23. The summed E-state index contributed by atoms with van der Waals surface area (Å²) in [5.41, 5.74) is 10.2. The summed E-state index contributed by atoms with van der Waals surface area (Å²) in [7, 11) is 0. The highest BCUT2D eigenvalue weighted by Gasteiger charge is 2.24. The Bertz CT molecular complexity index is 503. The normalized spacial score (nSPS) is 17.1. The van der Waals surface area contributed by atoms with Crippen molar-refractivity contribution in [3.05, 3.63) is 47.0 Å². The fourth-order valence-corrected chi connectivity index (χ4v) is 2.46. The quantitative estimate of drug-likeness (QED) is 0.842. The average Bonchev–Trinajstić information content (AvgIpc) is 2.87. The van der Waals surface area contributed by atoms with Crippen LogP contribution in [0.15, 0.2) is 35.3 Å². The number of nitrogens with two attached hydrogens (primary N) is 1. The third kappa shape index (κ3) is 2.87. The molecule has 0 radical (unpaired) electrons. The van der Waals surface area contributed by atoms with Gasteiger partial charge in [0.05, 0.1) is 12.6 Å². The number of rotatable bonds is 4. The molecule has 1 unspecified atom stereocenters. The topological polar surface area (TPSA) is 41.6 Å². The lowest BCUT2D eigenvalue weighted by Crippen LogP contribution is -2.36. The van der Waals surface area contributed by atoms with Crippen molar-refractivity contribution < 1.29 is 0 Å². The molecule has 0 fully saturated rings. The van der Waals surface area contributed by atoms with E-state index in [4.69, 9.17) is 5.73 Å². The van der Waals surface area contributed by atoms with Crippen LogP contribution < -0.4 is 5.73 Å². The lowest BCUT2D eigenvalue weighted by atomic mass is 9.97. The van der Waals surface area contributed by atoms with Crippen molar-refractivity contribution in [3.63, 3.8) is 0 Å². The molecule has 1 aromatic rings. The van der Waals surface area contributed by atoms with E-state index in [0.29, 0.717) is 0 Å². The summed E-state index contributed by atoms with van der Waals surface area (Å²) in [4.78, 5) is 6.87. The Labute approximate surface area is 115 Å². The van der Waals surface area contributed by atoms with Crippen molar-refractivity contribution in [2.24, 2.45) is 10.7 Å². The molecule has 0 aromatic heterocycles. The predicted octanol–water partition coefficient (Wildman–Crippen LogP) is 2.59. The van der Waals surface area contributed by atoms with Gasteiger partial charge < -0.3 is 10.6 Å². The number of allylic oxidation sites excluding steroid dienone is 1. The Morgan fingerprint density at radius 1 is 1.42 bits per heavy atom. The number of hydrogen-bond donors (Lipinski definition) is 1. The smallest absolute Gasteiger partial charge is 0.121 e. The van der Waals surface area contributed by atoms with Gasteiger partial charge in [0, 0.05) is 13.1 Å². The van der Waals surface area contributed by atoms with Crippen molar-refractivity contribution in [3.8, 4) is 0 Å². The first-order valence-corrected chi connectivity index (χ1v) is 6.87. The van der Waals surface area contributed by atoms with Crippen LogP contribution in [0.3, 0.4) is 0 Å². The van der Waals surface area contributed by atoms with Gasteiger partial charge in [0.1, 0.15) is 5.84 Å². The van der Waals surface area contributed by atoms with Gasteiger partial charge in [-0.05, 0) is 37.5 Å². The zero-order valence-electron chi connectivity index (χ0n) is 12.1. The predicted molar refractivity (Wildman–Crippen MR) is 81.5 cm³/mol. The first-order valence-electron chi connectivity index (χ1n) is 6.87. The fourth-order valence-electron chi connectivity index (χ4n) is 2.46. The van der Waals surface area contributed by atoms with E-state index in [1.165, 1.54) is 16.7 Å². The summed E-state index contributed by atoms with van der Waals surface area (Å²) in [5.74, 6) is 1.02. The second-order valence-corrected chi connectivity index (χ2v) is 5.02. The SMILES string of the molecule is CC=CCN1CCN=C1C(N)c1cccc(C)c1C. The lowest BCUT2D eigenvalue weighted by Gasteiger charge is -2.24. The summed E-state index contributed by atoms with van der Waals surface area (Å²) < 4.78 is 0. The molecule has 0 bridgehead atoms. The van der Waals surface area contributed by atoms with E-state index < -0.39 is 0 Å². The monoisotopic (exact) mass is 257 g/mol. The third-order valence-electron chi connectivity index (χ3n) is 3.79. The van der Waals surface area contributed by atoms with Gasteiger partial charge in [-0.3, -0.25) is 4.99 Å². The molecule has 19 heavy (non-hydrogen) atoms. The molecule has 3 heteroatoms. The molecule has 1 aliphatic heterocycles. The van der Waals surface area contributed by atoms with Gasteiger partial charge in [-0.1, -0.05) is 30.4 Å². The van der Waals surface area contributed by atoms with Crippen LogP contribution in [0.4, 0.5) is 0 Å². The first kappa shape index (κ1) is 13.8. The van der Waals surface area contributed by atoms with Crippen molar-refractivity contribution in [1.29, 1.82) is 0 Å². The standard InChI is InChI=1S/C16H23N3/c1-4-5-10-19-11-9-18-16(19)15(17)14-8-6-7-12(2)13(14)3/h4-8,15H,9-11,17H2,1-3H3. The Kier molecular flexibility index (Phi) is 4.38. The second kappa shape index (κ2) is 6.02. The molecule has 2 N–H and O–H groups in total. The van der Waals surface area contributed by atoms with E-state index in [-0.39, 0.29) is 6.04 Å². The van der Waals surface area contributed by atoms with Crippen molar-refractivity contribution in [2.45, 2.75) is 26.8 Å². The van der Waals surface area contributed by atoms with Gasteiger partial charge in [0.15, 0.2) is 0 Å². The minimum Gasteiger partial charge on any atom is -0.353 e. The number of amidine groups is 1. The van der Waals surface area contributed by atoms with Gasteiger partial charge in [-0.15, -0.1) is 0 Å². The fraction of sp³-hybridized carbons (Fsp3) is 0.438. The summed E-state index contributed by atoms with van der Waals surface area (Å²) in [6.45, 7) is 9.02. The van der Waals surface area contributed by atoms with E-state index in [9.17, 15) is 0 Å². The Morgan fingerprint density at radius 3 is 2.95 bits per heavy atom. The van der Waals surface area contributed by atoms with E-state index >= 15 is 0 Å². The number of hydrogen-bond acceptors (Lipinski definition) is 3. The summed E-state index contributed by atoms with van der Waals surface area (Å²) >= 11 is 0. The van der Waals surface area contributed by atoms with Gasteiger partial charge in [0.25, 0.3) is 0 Å². The number of benzene rings is 1. The third-order valence-corrected chi connectivity index (χ3v) is 3.79. The van der Waals surface area contributed by atoms with Crippen LogP contribution in [0.25, 0.3) is 0 Å². The van der Waals surface area contributed by atoms with Crippen LogP contribution >= 0.6 is 0 Å². The molecule has 1 aromatic carbocycles. The summed E-state index contributed by atoms with van der Waals surface area (Å²) in [6, 6.07) is 6.19. The van der Waals surface area contributed by atoms with Crippen molar-refractivity contribution in [1.82, 2.24) is 4.90 Å². The van der Waals surface area contributed by atoms with Crippen LogP contribution in [0.5, 0.6) is 0 Å². The summed E-state index contributed by atoms with van der Waals surface area (Å²) in [5, 5.41) is 0. The molecule has 0 amide bonds. The van der Waals surface area contributed by atoms with Gasteiger partial charge in [0.2, 0.25) is 0 Å². The molecule has 2 rings (SSSR count). The molecule has 3 nitrogen and oxygen atoms in total. The van der Waals surface area contributed by atoms with E-state index in [2.05, 4.69) is 54.1 Å². The molecule has 102 valence electrons. The van der Waals surface area contributed by atoms with E-state index in [1.807, 2.05) is 6.92 Å². The van der Waals surface area contributed by atoms with Gasteiger partial charge in [-0.25, -0.2) is 0 Å². The highest BCUT2D eigenvalue weighted by Crippen LogP contribution is 2.22. The maximum Gasteiger partial charge on any atom is 0.121 e. The van der Waals surface area contributed by atoms with E-state index in [0.717, 1.165) is 25.5 Å². The van der Waals surface area contributed by atoms with Crippen LogP contribution in [0, 0.1) is 13.8 Å². The Morgan fingerprint density at radius 2 is 2.21 bits per heavy atom. The molecule has 0 saturated heterocycles. The number of aryl methyl sites for hydroxylation is 1. The second-order valence-electron chi connectivity index (χ2n) is 5.02. The molecule has 0 saturated carbocycles. The maximum atomic E-state index is 6.44. The molecule has 1 atom stereocenters. The molecule has 0 aliphatic carbocycles. The number of aliphatic imine (C=N–C) groups is 1. The largest absolute Gasteiger partial charge is 0.353 e. The Hall–Kier alpha value is -1.61. The molecule has 1 aliphatic rings. The molecule has 1 heterocycles. The first-order chi connectivity index (χ1) is 9.15. The van der Waals surface area contributed by atoms with Gasteiger partial charge in [-0.2, -0.15) is 0 Å². The van der Waals surface area contributed by atoms with Gasteiger partial charge >= 0.3 is 0 Å². The summed E-state index contributed by atoms with van der Waals surface area (Å²) in [6.07, 6.45) is 4.22. The van der Waals surface area contributed by atoms with Crippen LogP contribution in [0.1, 0.15) is 29.7 Å². The minimum atomic E-state index is -0.118. The molecular weight excluding hydrogens is 234 g/mol. The molecule has 0 spiro atoms. The van der Waals surface area contributed by atoms with Crippen molar-refractivity contribution in [2.75, 3.05) is 19.6 Å². The highest BCUT2D eigenvalue weighted by atomic mass is 15.2. The van der Waals surface area contributed by atoms with Crippen LogP contribution in [-0.4, -0.2) is 30.4 Å². The average molecular weight is 257 g/mol. The maximum absolute atomic E-state index is 6.44. The molecular formula is C16H23N3. The van der Waals surface area contributed by atoms with Crippen LogP contribution in [-0.2, 0) is 0 Å². The highest BCUT2D eigenvalue weighted by molar-refractivity contribution is 5.90.